The number of aryl methyl sites for hydroxylation is 1. The van der Waals surface area contributed by atoms with Crippen LogP contribution in [0.4, 0.5) is 10.1 Å². The van der Waals surface area contributed by atoms with E-state index in [0.29, 0.717) is 18.7 Å². The second-order valence-corrected chi connectivity index (χ2v) is 12.1. The molecular formula is C29H40FN3O4S. The van der Waals surface area contributed by atoms with Crippen LogP contribution in [0.2, 0.25) is 0 Å². The van der Waals surface area contributed by atoms with Gasteiger partial charge in [-0.1, -0.05) is 56.0 Å². The molecule has 0 aromatic heterocycles. The number of halogens is 1. The minimum absolute atomic E-state index is 0.0691. The number of hydrogen-bond acceptors (Lipinski definition) is 4. The first-order valence-corrected chi connectivity index (χ1v) is 15.3. The maximum Gasteiger partial charge on any atom is 0.243 e. The summed E-state index contributed by atoms with van der Waals surface area (Å²) in [5, 5.41) is 3.17. The molecule has 1 saturated carbocycles. The van der Waals surface area contributed by atoms with Gasteiger partial charge in [-0.15, -0.1) is 0 Å². The van der Waals surface area contributed by atoms with Crippen molar-refractivity contribution in [3.05, 3.63) is 65.5 Å². The van der Waals surface area contributed by atoms with Crippen molar-refractivity contribution < 1.29 is 22.4 Å². The van der Waals surface area contributed by atoms with Crippen molar-refractivity contribution >= 4 is 27.5 Å². The normalized spacial score (nSPS) is 15.1. The molecule has 0 spiro atoms. The van der Waals surface area contributed by atoms with Crippen LogP contribution in [-0.4, -0.2) is 50.0 Å². The van der Waals surface area contributed by atoms with Crippen molar-refractivity contribution in [2.75, 3.05) is 17.1 Å². The molecule has 0 bridgehead atoms. The van der Waals surface area contributed by atoms with Crippen molar-refractivity contribution in [3.8, 4) is 0 Å². The number of nitrogens with one attached hydrogen (secondary N) is 1. The van der Waals surface area contributed by atoms with Crippen molar-refractivity contribution in [3.63, 3.8) is 0 Å². The number of hydrogen-bond donors (Lipinski definition) is 1. The molecule has 0 aliphatic heterocycles. The highest BCUT2D eigenvalue weighted by Crippen LogP contribution is 2.21. The van der Waals surface area contributed by atoms with Crippen molar-refractivity contribution in [2.45, 2.75) is 83.8 Å². The molecule has 208 valence electrons. The van der Waals surface area contributed by atoms with E-state index in [-0.39, 0.29) is 37.2 Å². The Morgan fingerprint density at radius 1 is 1.03 bits per heavy atom. The van der Waals surface area contributed by atoms with Crippen molar-refractivity contribution in [1.82, 2.24) is 10.2 Å². The average Bonchev–Trinajstić information content (AvgIpc) is 2.88. The van der Waals surface area contributed by atoms with Crippen LogP contribution in [0.1, 0.15) is 69.4 Å². The van der Waals surface area contributed by atoms with Gasteiger partial charge in [0.1, 0.15) is 11.9 Å². The molecule has 0 saturated heterocycles. The highest BCUT2D eigenvalue weighted by molar-refractivity contribution is 7.92. The Kier molecular flexibility index (Phi) is 10.7. The summed E-state index contributed by atoms with van der Waals surface area (Å²) in [5.74, 6) is -0.797. The number of benzene rings is 2. The van der Waals surface area contributed by atoms with Crippen molar-refractivity contribution in [1.29, 1.82) is 0 Å². The molecule has 7 nitrogen and oxygen atoms in total. The lowest BCUT2D eigenvalue weighted by Gasteiger charge is -2.33. The number of amides is 2. The van der Waals surface area contributed by atoms with Crippen LogP contribution in [0.5, 0.6) is 0 Å². The molecule has 2 amide bonds. The van der Waals surface area contributed by atoms with Gasteiger partial charge in [-0.2, -0.15) is 0 Å². The number of carbonyl (C=O) groups is 2. The second-order valence-electron chi connectivity index (χ2n) is 10.2. The Morgan fingerprint density at radius 2 is 1.66 bits per heavy atom. The number of rotatable bonds is 12. The van der Waals surface area contributed by atoms with Gasteiger partial charge in [0.05, 0.1) is 11.9 Å². The van der Waals surface area contributed by atoms with Gasteiger partial charge < -0.3 is 10.2 Å². The molecular weight excluding hydrogens is 505 g/mol. The molecule has 1 aliphatic carbocycles. The Balaban J connectivity index is 1.74. The van der Waals surface area contributed by atoms with Gasteiger partial charge in [0.15, 0.2) is 0 Å². The van der Waals surface area contributed by atoms with Gasteiger partial charge >= 0.3 is 0 Å². The Bertz CT molecular complexity index is 1160. The van der Waals surface area contributed by atoms with E-state index in [9.17, 15) is 22.4 Å². The molecule has 0 radical (unpaired) electrons. The van der Waals surface area contributed by atoms with Crippen LogP contribution < -0.4 is 9.62 Å². The zero-order valence-electron chi connectivity index (χ0n) is 22.7. The third kappa shape index (κ3) is 8.55. The lowest BCUT2D eigenvalue weighted by atomic mass is 9.95. The van der Waals surface area contributed by atoms with Crippen LogP contribution in [0, 0.1) is 12.7 Å². The molecule has 0 heterocycles. The number of nitrogens with zero attached hydrogens (tertiary/aromatic N) is 2. The van der Waals surface area contributed by atoms with Crippen molar-refractivity contribution in [2.24, 2.45) is 0 Å². The molecule has 1 fully saturated rings. The summed E-state index contributed by atoms with van der Waals surface area (Å²) < 4.78 is 39.4. The maximum atomic E-state index is 13.6. The fourth-order valence-corrected chi connectivity index (χ4v) is 5.93. The summed E-state index contributed by atoms with van der Waals surface area (Å²) >= 11 is 0. The van der Waals surface area contributed by atoms with Crippen LogP contribution >= 0.6 is 0 Å². The predicted octanol–water partition coefficient (Wildman–Crippen LogP) is 4.94. The summed E-state index contributed by atoms with van der Waals surface area (Å²) in [6, 6.07) is 12.6. The summed E-state index contributed by atoms with van der Waals surface area (Å²) in [4.78, 5) is 28.5. The fourth-order valence-electron chi connectivity index (χ4n) is 4.97. The minimum Gasteiger partial charge on any atom is -0.352 e. The van der Waals surface area contributed by atoms with Gasteiger partial charge in [-0.25, -0.2) is 12.8 Å². The Morgan fingerprint density at radius 3 is 2.24 bits per heavy atom. The number of carbonyl (C=O) groups excluding carboxylic acids is 2. The summed E-state index contributed by atoms with van der Waals surface area (Å²) in [7, 11) is -3.63. The third-order valence-electron chi connectivity index (χ3n) is 7.08. The van der Waals surface area contributed by atoms with E-state index in [4.69, 9.17) is 0 Å². The lowest BCUT2D eigenvalue weighted by Crippen LogP contribution is -2.51. The van der Waals surface area contributed by atoms with E-state index in [1.165, 1.54) is 35.0 Å². The zero-order valence-corrected chi connectivity index (χ0v) is 23.5. The second kappa shape index (κ2) is 13.7. The molecule has 0 unspecified atom stereocenters. The number of anilines is 1. The predicted molar refractivity (Wildman–Crippen MR) is 149 cm³/mol. The topological polar surface area (TPSA) is 86.8 Å². The van der Waals surface area contributed by atoms with E-state index in [0.717, 1.165) is 43.1 Å². The molecule has 3 rings (SSSR count). The average molecular weight is 546 g/mol. The smallest absolute Gasteiger partial charge is 0.243 e. The molecule has 9 heteroatoms. The first kappa shape index (κ1) is 29.6. The maximum absolute atomic E-state index is 13.6. The van der Waals surface area contributed by atoms with Crippen LogP contribution in [0.3, 0.4) is 0 Å². The number of sulfonamides is 1. The molecule has 1 aliphatic rings. The van der Waals surface area contributed by atoms with Crippen LogP contribution in [-0.2, 0) is 26.2 Å². The first-order valence-electron chi connectivity index (χ1n) is 13.5. The Labute approximate surface area is 226 Å². The van der Waals surface area contributed by atoms with E-state index in [1.54, 1.807) is 4.90 Å². The molecule has 38 heavy (non-hydrogen) atoms. The first-order chi connectivity index (χ1) is 18.1. The van der Waals surface area contributed by atoms with E-state index in [2.05, 4.69) is 5.32 Å². The third-order valence-corrected chi connectivity index (χ3v) is 8.27. The van der Waals surface area contributed by atoms with Crippen LogP contribution in [0.15, 0.2) is 48.5 Å². The van der Waals surface area contributed by atoms with E-state index < -0.39 is 21.9 Å². The molecule has 1 N–H and O–H groups in total. The minimum atomic E-state index is -3.63. The molecule has 1 atom stereocenters. The van der Waals surface area contributed by atoms with E-state index >= 15 is 0 Å². The van der Waals surface area contributed by atoms with Gasteiger partial charge in [0.2, 0.25) is 21.8 Å². The van der Waals surface area contributed by atoms with E-state index in [1.807, 2.05) is 38.1 Å². The fraction of sp³-hybridized carbons (Fsp3) is 0.517. The van der Waals surface area contributed by atoms with Gasteiger partial charge in [0, 0.05) is 25.6 Å². The van der Waals surface area contributed by atoms with Gasteiger partial charge in [-0.3, -0.25) is 13.9 Å². The summed E-state index contributed by atoms with van der Waals surface area (Å²) in [6.45, 7) is 4.26. The summed E-state index contributed by atoms with van der Waals surface area (Å²) in [6.07, 6.45) is 7.19. The standard InChI is InChI=1S/C29H40FN3O4S/c1-4-27(29(35)31-25-9-6-5-7-10-25)32(21-23-14-12-22(2)13-15-23)28(34)11-8-20-33(38(3,36)37)26-18-16-24(30)17-19-26/h12-19,25,27H,4-11,20-21H2,1-3H3,(H,31,35)/t27-/m0/s1. The molecule has 2 aromatic carbocycles. The SMILES string of the molecule is CC[C@@H](C(=O)NC1CCCCC1)N(Cc1ccc(C)cc1)C(=O)CCCN(c1ccc(F)cc1)S(C)(=O)=O. The molecule has 2 aromatic rings. The van der Waals surface area contributed by atoms with Gasteiger partial charge in [-0.05, 0) is 62.4 Å². The van der Waals surface area contributed by atoms with Crippen LogP contribution in [0.25, 0.3) is 0 Å². The Hall–Kier alpha value is -2.94. The quantitative estimate of drug-likeness (QED) is 0.410. The van der Waals surface area contributed by atoms with Gasteiger partial charge in [0.25, 0.3) is 0 Å². The largest absolute Gasteiger partial charge is 0.352 e. The summed E-state index contributed by atoms with van der Waals surface area (Å²) in [5.41, 5.74) is 2.38. The zero-order chi connectivity index (χ0) is 27.7. The highest BCUT2D eigenvalue weighted by atomic mass is 32.2. The monoisotopic (exact) mass is 545 g/mol. The lowest BCUT2D eigenvalue weighted by molar-refractivity contribution is -0.141. The highest BCUT2D eigenvalue weighted by Gasteiger charge is 2.30.